The van der Waals surface area contributed by atoms with Crippen molar-refractivity contribution in [2.45, 2.75) is 33.1 Å². The number of aliphatic carboxylic acids is 1. The highest BCUT2D eigenvalue weighted by Crippen LogP contribution is 2.32. The molecule has 1 heterocycles. The highest BCUT2D eigenvalue weighted by Gasteiger charge is 2.36. The molecule has 0 unspecified atom stereocenters. The van der Waals surface area contributed by atoms with Gasteiger partial charge in [-0.05, 0) is 31.0 Å². The van der Waals surface area contributed by atoms with Crippen LogP contribution in [0.25, 0.3) is 11.0 Å². The Morgan fingerprint density at radius 2 is 2.05 bits per heavy atom. The molecular weight excluding hydrogens is 276 g/mol. The summed E-state index contributed by atoms with van der Waals surface area (Å²) < 4.78 is 1.95. The van der Waals surface area contributed by atoms with Crippen molar-refractivity contribution in [3.63, 3.8) is 0 Å². The van der Waals surface area contributed by atoms with Gasteiger partial charge in [0.2, 0.25) is 0 Å². The van der Waals surface area contributed by atoms with Crippen molar-refractivity contribution in [3.05, 3.63) is 29.0 Å². The molecule has 5 heteroatoms. The van der Waals surface area contributed by atoms with Crippen LogP contribution in [0.1, 0.15) is 32.5 Å². The van der Waals surface area contributed by atoms with E-state index in [1.807, 2.05) is 37.6 Å². The first-order valence-corrected chi connectivity index (χ1v) is 7.15. The van der Waals surface area contributed by atoms with Crippen LogP contribution in [0.15, 0.2) is 18.2 Å². The molecule has 2 aromatic rings. The number of halogens is 1. The first kappa shape index (κ1) is 14.9. The van der Waals surface area contributed by atoms with Crippen molar-refractivity contribution in [2.24, 2.45) is 12.5 Å². The number of aromatic nitrogens is 2. The summed E-state index contributed by atoms with van der Waals surface area (Å²) in [4.78, 5) is 16.2. The number of benzene rings is 1. The molecule has 0 saturated carbocycles. The van der Waals surface area contributed by atoms with Gasteiger partial charge >= 0.3 is 5.97 Å². The van der Waals surface area contributed by atoms with Crippen LogP contribution in [-0.4, -0.2) is 20.6 Å². The fourth-order valence-corrected chi connectivity index (χ4v) is 2.73. The van der Waals surface area contributed by atoms with E-state index in [0.717, 1.165) is 16.9 Å². The van der Waals surface area contributed by atoms with Crippen molar-refractivity contribution >= 4 is 28.6 Å². The minimum atomic E-state index is -0.757. The zero-order valence-electron chi connectivity index (χ0n) is 12.0. The topological polar surface area (TPSA) is 55.1 Å². The standard InChI is InChI=1S/C15H19ClN2O2/c1-4-15(5-2,14(19)20)9-13-17-11-8-10(16)6-7-12(11)18(13)3/h6-8H,4-5,9H2,1-3H3,(H,19,20). The van der Waals surface area contributed by atoms with E-state index in [1.54, 1.807) is 6.07 Å². The molecule has 0 spiro atoms. The average molecular weight is 295 g/mol. The van der Waals surface area contributed by atoms with Gasteiger partial charge in [0.05, 0.1) is 16.4 Å². The number of fused-ring (bicyclic) bond motifs is 1. The monoisotopic (exact) mass is 294 g/mol. The van der Waals surface area contributed by atoms with Crippen LogP contribution in [0.4, 0.5) is 0 Å². The van der Waals surface area contributed by atoms with Gasteiger partial charge < -0.3 is 9.67 Å². The average Bonchev–Trinajstić information content (AvgIpc) is 2.71. The molecule has 1 aromatic carbocycles. The fourth-order valence-electron chi connectivity index (χ4n) is 2.56. The second kappa shape index (κ2) is 5.44. The summed E-state index contributed by atoms with van der Waals surface area (Å²) in [6.07, 6.45) is 1.60. The molecule has 0 radical (unpaired) electrons. The van der Waals surface area contributed by atoms with E-state index in [9.17, 15) is 9.90 Å². The maximum absolute atomic E-state index is 11.6. The summed E-state index contributed by atoms with van der Waals surface area (Å²) >= 11 is 5.98. The molecule has 4 nitrogen and oxygen atoms in total. The predicted octanol–water partition coefficient (Wildman–Crippen LogP) is 3.66. The van der Waals surface area contributed by atoms with E-state index in [1.165, 1.54) is 0 Å². The van der Waals surface area contributed by atoms with Crippen molar-refractivity contribution in [2.75, 3.05) is 0 Å². The molecule has 0 bridgehead atoms. The molecule has 20 heavy (non-hydrogen) atoms. The van der Waals surface area contributed by atoms with Gasteiger partial charge in [-0.2, -0.15) is 0 Å². The Bertz CT molecular complexity index is 645. The van der Waals surface area contributed by atoms with Crippen molar-refractivity contribution in [1.82, 2.24) is 9.55 Å². The van der Waals surface area contributed by atoms with Crippen LogP contribution < -0.4 is 0 Å². The molecule has 0 amide bonds. The number of nitrogens with zero attached hydrogens (tertiary/aromatic N) is 2. The first-order chi connectivity index (χ1) is 9.43. The van der Waals surface area contributed by atoms with Gasteiger partial charge in [0, 0.05) is 18.5 Å². The van der Waals surface area contributed by atoms with Crippen LogP contribution in [0.5, 0.6) is 0 Å². The van der Waals surface area contributed by atoms with Crippen molar-refractivity contribution in [1.29, 1.82) is 0 Å². The Balaban J connectivity index is 2.48. The van der Waals surface area contributed by atoms with Crippen molar-refractivity contribution < 1.29 is 9.90 Å². The van der Waals surface area contributed by atoms with E-state index in [2.05, 4.69) is 4.98 Å². The van der Waals surface area contributed by atoms with Gasteiger partial charge in [-0.25, -0.2) is 4.98 Å². The summed E-state index contributed by atoms with van der Waals surface area (Å²) in [5, 5.41) is 10.2. The highest BCUT2D eigenvalue weighted by molar-refractivity contribution is 6.31. The largest absolute Gasteiger partial charge is 0.481 e. The lowest BCUT2D eigenvalue weighted by molar-refractivity contribution is -0.149. The summed E-state index contributed by atoms with van der Waals surface area (Å²) in [6, 6.07) is 5.54. The highest BCUT2D eigenvalue weighted by atomic mass is 35.5. The number of carboxylic acids is 1. The number of aryl methyl sites for hydroxylation is 1. The summed E-state index contributed by atoms with van der Waals surface area (Å²) in [7, 11) is 1.91. The Labute approximate surface area is 123 Å². The third-order valence-electron chi connectivity index (χ3n) is 4.24. The maximum atomic E-state index is 11.6. The molecular formula is C15H19ClN2O2. The molecule has 0 aliphatic rings. The molecule has 0 fully saturated rings. The fraction of sp³-hybridized carbons (Fsp3) is 0.467. The summed E-state index contributed by atoms with van der Waals surface area (Å²) in [5.74, 6) is 0.0287. The minimum Gasteiger partial charge on any atom is -0.481 e. The second-order valence-electron chi connectivity index (χ2n) is 5.19. The number of imidazole rings is 1. The zero-order valence-corrected chi connectivity index (χ0v) is 12.7. The molecule has 0 aliphatic carbocycles. The van der Waals surface area contributed by atoms with E-state index < -0.39 is 11.4 Å². The van der Waals surface area contributed by atoms with Gasteiger partial charge in [0.1, 0.15) is 5.82 Å². The minimum absolute atomic E-state index is 0.429. The second-order valence-corrected chi connectivity index (χ2v) is 5.63. The van der Waals surface area contributed by atoms with Crippen LogP contribution in [-0.2, 0) is 18.3 Å². The molecule has 0 aliphatic heterocycles. The number of carboxylic acid groups (broad SMARTS) is 1. The van der Waals surface area contributed by atoms with E-state index in [-0.39, 0.29) is 0 Å². The molecule has 0 saturated heterocycles. The SMILES string of the molecule is CCC(CC)(Cc1nc2cc(Cl)ccc2n1C)C(=O)O. The Morgan fingerprint density at radius 1 is 1.40 bits per heavy atom. The Hall–Kier alpha value is -1.55. The molecule has 1 aromatic heterocycles. The van der Waals surface area contributed by atoms with E-state index in [0.29, 0.717) is 24.3 Å². The van der Waals surface area contributed by atoms with Gasteiger partial charge in [-0.15, -0.1) is 0 Å². The van der Waals surface area contributed by atoms with Crippen LogP contribution in [0.3, 0.4) is 0 Å². The number of hydrogen-bond acceptors (Lipinski definition) is 2. The summed E-state index contributed by atoms with van der Waals surface area (Å²) in [5.41, 5.74) is 1.02. The molecule has 1 N–H and O–H groups in total. The third kappa shape index (κ3) is 2.40. The quantitative estimate of drug-likeness (QED) is 0.915. The van der Waals surface area contributed by atoms with Gasteiger partial charge in [-0.1, -0.05) is 25.4 Å². The van der Waals surface area contributed by atoms with Crippen molar-refractivity contribution in [3.8, 4) is 0 Å². The van der Waals surface area contributed by atoms with Crippen LogP contribution >= 0.6 is 11.6 Å². The summed E-state index contributed by atoms with van der Waals surface area (Å²) in [6.45, 7) is 3.83. The van der Waals surface area contributed by atoms with Gasteiger partial charge in [0.15, 0.2) is 0 Å². The van der Waals surface area contributed by atoms with Crippen LogP contribution in [0, 0.1) is 5.41 Å². The lowest BCUT2D eigenvalue weighted by Gasteiger charge is -2.26. The lowest BCUT2D eigenvalue weighted by atomic mass is 9.79. The predicted molar refractivity (Wildman–Crippen MR) is 80.1 cm³/mol. The molecule has 0 atom stereocenters. The smallest absolute Gasteiger partial charge is 0.310 e. The number of hydrogen-bond donors (Lipinski definition) is 1. The Kier molecular flexibility index (Phi) is 4.04. The van der Waals surface area contributed by atoms with Gasteiger partial charge in [-0.3, -0.25) is 4.79 Å². The van der Waals surface area contributed by atoms with E-state index in [4.69, 9.17) is 11.6 Å². The molecule has 2 rings (SSSR count). The van der Waals surface area contributed by atoms with Crippen LogP contribution in [0.2, 0.25) is 5.02 Å². The lowest BCUT2D eigenvalue weighted by Crippen LogP contribution is -2.33. The first-order valence-electron chi connectivity index (χ1n) is 6.77. The third-order valence-corrected chi connectivity index (χ3v) is 4.47. The van der Waals surface area contributed by atoms with E-state index >= 15 is 0 Å². The maximum Gasteiger partial charge on any atom is 0.310 e. The zero-order chi connectivity index (χ0) is 14.9. The number of carbonyl (C=O) groups is 1. The number of rotatable bonds is 5. The molecule has 108 valence electrons. The van der Waals surface area contributed by atoms with Gasteiger partial charge in [0.25, 0.3) is 0 Å². The Morgan fingerprint density at radius 3 is 2.60 bits per heavy atom. The normalized spacial score (nSPS) is 12.0.